The largest absolute Gasteiger partial charge is 0.506 e. The predicted octanol–water partition coefficient (Wildman–Crippen LogP) is 16.5. The number of alkyl halides is 3. The molecule has 5 fully saturated rings. The van der Waals surface area contributed by atoms with Gasteiger partial charge in [0.25, 0.3) is 5.78 Å². The maximum Gasteiger partial charge on any atom is 0.455 e. The molecule has 64 heavy (non-hydrogen) atoms. The Labute approximate surface area is 422 Å². The first-order valence-corrected chi connectivity index (χ1v) is 28.8. The van der Waals surface area contributed by atoms with Gasteiger partial charge in [-0.2, -0.15) is 13.2 Å². The molecule has 0 saturated heterocycles. The van der Waals surface area contributed by atoms with Gasteiger partial charge in [0.05, 0.1) is 19.7 Å². The number of benzene rings is 2. The van der Waals surface area contributed by atoms with E-state index >= 15 is 0 Å². The molecule has 1 heterocycles. The SMILES string of the molecule is CCC(CC)P(=O)(C1CCCCC1)C1CCCCC1.O=C(c1c(O)c2ccc(-c3ccccc3)cc2oc1=O)C(F)(F)F.O=P(C1CCCCC1)(C1CCCCC1)C1CCCCC1.[Eu]. The first kappa shape index (κ1) is 53.9. The van der Waals surface area contributed by atoms with Crippen LogP contribution in [0.25, 0.3) is 22.1 Å². The van der Waals surface area contributed by atoms with Crippen LogP contribution in [0.1, 0.15) is 198 Å². The quantitative estimate of drug-likeness (QED) is 0.123. The van der Waals surface area contributed by atoms with E-state index in [0.29, 0.717) is 39.5 Å². The predicted molar refractivity (Wildman–Crippen MR) is 254 cm³/mol. The van der Waals surface area contributed by atoms with Crippen molar-refractivity contribution in [2.24, 2.45) is 0 Å². The van der Waals surface area contributed by atoms with E-state index in [2.05, 4.69) is 13.8 Å². The van der Waals surface area contributed by atoms with Crippen molar-refractivity contribution in [3.63, 3.8) is 0 Å². The molecule has 8 rings (SSSR count). The molecule has 3 aromatic rings. The van der Waals surface area contributed by atoms with Crippen molar-refractivity contribution >= 4 is 31.0 Å². The fourth-order valence-electron chi connectivity index (χ4n) is 12.4. The minimum absolute atomic E-state index is 0. The summed E-state index contributed by atoms with van der Waals surface area (Å²) in [4.78, 5) is 23.0. The van der Waals surface area contributed by atoms with Gasteiger partial charge in [-0.15, -0.1) is 0 Å². The third-order valence-electron chi connectivity index (χ3n) is 15.7. The normalized spacial score (nSPS) is 20.4. The number of Topliss-reactive ketones (excluding diaryl/α,β-unsaturated/α-hetero) is 1. The van der Waals surface area contributed by atoms with Crippen molar-refractivity contribution < 1.29 is 86.0 Å². The van der Waals surface area contributed by atoms with Crippen LogP contribution in [0.4, 0.5) is 13.2 Å². The molecule has 0 atom stereocenters. The van der Waals surface area contributed by atoms with E-state index in [0.717, 1.165) is 18.4 Å². The van der Waals surface area contributed by atoms with Gasteiger partial charge in [0.1, 0.15) is 11.3 Å². The average Bonchev–Trinajstić information content (AvgIpc) is 3.33. The third kappa shape index (κ3) is 13.0. The van der Waals surface area contributed by atoms with Gasteiger partial charge in [0.15, 0.2) is 5.56 Å². The zero-order valence-corrected chi connectivity index (χ0v) is 42.8. The molecule has 0 spiro atoms. The van der Waals surface area contributed by atoms with Crippen molar-refractivity contribution in [3.05, 3.63) is 64.5 Å². The first-order chi connectivity index (χ1) is 30.3. The molecule has 12 heteroatoms. The summed E-state index contributed by atoms with van der Waals surface area (Å²) in [6, 6.07) is 13.2. The van der Waals surface area contributed by atoms with Crippen molar-refractivity contribution in [1.29, 1.82) is 0 Å². The van der Waals surface area contributed by atoms with E-state index in [4.69, 9.17) is 4.42 Å². The van der Waals surface area contributed by atoms with Gasteiger partial charge >= 0.3 is 11.8 Å². The molecule has 1 aromatic heterocycles. The Morgan fingerprint density at radius 3 is 1.39 bits per heavy atom. The molecule has 357 valence electrons. The molecule has 0 aliphatic heterocycles. The standard InChI is InChI=1S/C18H33OP.C17H9F3O4.C17H33OP.Eu/c19-20(16-10-4-1-5-11-16,17-12-6-2-7-13-17)18-14-8-3-9-15-18;18-17(19,20)15(22)13-14(21)11-7-6-10(8-12(11)24-16(13)23)9-4-2-1-3-5-9;1-3-15(4-2)19(18,16-11-7-5-8-12-16)17-13-9-6-10-14-17;/h16-18H,1-15H2;1-8,21H;15-17H,3-14H2,1-2H3;. The average molecular weight is 1070 g/mol. The Balaban J connectivity index is 0.000000181. The minimum Gasteiger partial charge on any atom is -0.506 e. The number of aromatic hydroxyl groups is 1. The molecular weight excluding hydrogens is 991 g/mol. The number of carbonyl (C=O) groups excluding carboxylic acids is 1. The van der Waals surface area contributed by atoms with Gasteiger partial charge in [-0.05, 0) is 100 Å². The summed E-state index contributed by atoms with van der Waals surface area (Å²) < 4.78 is 70.8. The van der Waals surface area contributed by atoms with E-state index in [1.807, 2.05) is 6.07 Å². The second-order valence-corrected chi connectivity index (χ2v) is 26.9. The summed E-state index contributed by atoms with van der Waals surface area (Å²) in [6.07, 6.45) is 30.3. The molecule has 5 saturated carbocycles. The summed E-state index contributed by atoms with van der Waals surface area (Å²) in [5, 5.41) is 9.79. The number of ketones is 1. The van der Waals surface area contributed by atoms with Crippen LogP contribution < -0.4 is 5.63 Å². The maximum absolute atomic E-state index is 14.3. The van der Waals surface area contributed by atoms with Crippen LogP contribution in [0.2, 0.25) is 0 Å². The Morgan fingerprint density at radius 1 is 0.625 bits per heavy atom. The minimum atomic E-state index is -5.29. The number of carbonyl (C=O) groups is 1. The topological polar surface area (TPSA) is 102 Å². The van der Waals surface area contributed by atoms with E-state index < -0.39 is 43.2 Å². The zero-order valence-electron chi connectivity index (χ0n) is 38.6. The van der Waals surface area contributed by atoms with Crippen molar-refractivity contribution in [2.75, 3.05) is 0 Å². The van der Waals surface area contributed by atoms with Gasteiger partial charge in [-0.1, -0.05) is 147 Å². The van der Waals surface area contributed by atoms with E-state index in [-0.39, 0.29) is 60.3 Å². The smallest absolute Gasteiger partial charge is 0.455 e. The molecule has 2 aromatic carbocycles. The number of halogens is 3. The second-order valence-electron chi connectivity index (χ2n) is 19.5. The van der Waals surface area contributed by atoms with Gasteiger partial charge < -0.3 is 18.7 Å². The number of hydrogen-bond donors (Lipinski definition) is 1. The first-order valence-electron chi connectivity index (χ1n) is 25.0. The molecule has 6 nitrogen and oxygen atoms in total. The summed E-state index contributed by atoms with van der Waals surface area (Å²) in [5.74, 6) is -3.48. The zero-order chi connectivity index (χ0) is 45.0. The third-order valence-corrected chi connectivity index (χ3v) is 25.9. The van der Waals surface area contributed by atoms with Crippen molar-refractivity contribution in [2.45, 2.75) is 227 Å². The maximum atomic E-state index is 14.3. The van der Waals surface area contributed by atoms with Crippen LogP contribution in [0.3, 0.4) is 0 Å². The Bertz CT molecular complexity index is 1980. The van der Waals surface area contributed by atoms with Crippen LogP contribution in [0, 0.1) is 49.4 Å². The Hall–Kier alpha value is -1.05. The van der Waals surface area contributed by atoms with Crippen LogP contribution >= 0.6 is 14.3 Å². The van der Waals surface area contributed by atoms with E-state index in [1.54, 1.807) is 30.3 Å². The number of hydrogen-bond acceptors (Lipinski definition) is 6. The van der Waals surface area contributed by atoms with Gasteiger partial charge in [0, 0.05) is 83.3 Å². The fraction of sp³-hybridized carbons (Fsp3) is 0.692. The molecule has 0 bridgehead atoms. The molecule has 0 unspecified atom stereocenters. The molecule has 1 N–H and O–H groups in total. The molecule has 1 radical (unpaired) electrons. The van der Waals surface area contributed by atoms with Crippen LogP contribution in [0.5, 0.6) is 5.75 Å². The van der Waals surface area contributed by atoms with Crippen LogP contribution in [-0.4, -0.2) is 51.0 Å². The number of rotatable bonds is 10. The van der Waals surface area contributed by atoms with Crippen molar-refractivity contribution in [1.82, 2.24) is 0 Å². The summed E-state index contributed by atoms with van der Waals surface area (Å²) in [7, 11) is -3.93. The molecule has 5 aliphatic carbocycles. The van der Waals surface area contributed by atoms with Crippen LogP contribution in [-0.2, 0) is 9.13 Å². The van der Waals surface area contributed by atoms with E-state index in [9.17, 15) is 37.0 Å². The summed E-state index contributed by atoms with van der Waals surface area (Å²) in [5.41, 5.74) is 1.96. The molecule has 5 aliphatic rings. The van der Waals surface area contributed by atoms with Gasteiger partial charge in [-0.3, -0.25) is 4.79 Å². The monoisotopic (exact) mass is 1070 g/mol. The van der Waals surface area contributed by atoms with E-state index in [1.165, 1.54) is 173 Å². The van der Waals surface area contributed by atoms with Crippen LogP contribution in [0.15, 0.2) is 57.7 Å². The Morgan fingerprint density at radius 2 is 1.02 bits per heavy atom. The van der Waals surface area contributed by atoms with Gasteiger partial charge in [0.2, 0.25) is 0 Å². The van der Waals surface area contributed by atoms with Crippen molar-refractivity contribution in [3.8, 4) is 16.9 Å². The Kier molecular flexibility index (Phi) is 21.5. The summed E-state index contributed by atoms with van der Waals surface area (Å²) >= 11 is 0. The molecular formula is C52H75EuF3O6P2. The second kappa shape index (κ2) is 25.5. The summed E-state index contributed by atoms with van der Waals surface area (Å²) in [6.45, 7) is 4.54. The molecule has 0 amide bonds. The number of fused-ring (bicyclic) bond motifs is 1. The fourth-order valence-corrected chi connectivity index (χ4v) is 23.0. The van der Waals surface area contributed by atoms with Gasteiger partial charge in [-0.25, -0.2) is 4.79 Å².